The maximum Gasteiger partial charge on any atom is 0.453 e. The molecule has 0 aliphatic carbocycles. The first-order valence-corrected chi connectivity index (χ1v) is 8.45. The van der Waals surface area contributed by atoms with Gasteiger partial charge in [-0.2, -0.15) is 22.8 Å². The van der Waals surface area contributed by atoms with Crippen molar-refractivity contribution >= 4 is 22.2 Å². The minimum Gasteiger partial charge on any atom is -0.494 e. The summed E-state index contributed by atoms with van der Waals surface area (Å²) in [6, 6.07) is 7.11. The standard InChI is InChI=1S/C15H14F3N5O2S/c1-2-25-10-5-3-9(4-6-10)7-11(24)19-8-12-22-23-13(15(16,17)18)20-21-14(23)26-12/h3-6H,2,7-8H2,1H3,(H,19,24). The summed E-state index contributed by atoms with van der Waals surface area (Å²) in [5, 5.41) is 13.3. The Bertz CT molecular complexity index is 904. The first-order valence-electron chi connectivity index (χ1n) is 7.63. The third kappa shape index (κ3) is 4.10. The van der Waals surface area contributed by atoms with Crippen LogP contribution in [0.2, 0.25) is 0 Å². The number of rotatable bonds is 6. The molecule has 0 saturated carbocycles. The number of ether oxygens (including phenoxy) is 1. The van der Waals surface area contributed by atoms with Crippen molar-refractivity contribution < 1.29 is 22.7 Å². The Morgan fingerprint density at radius 1 is 1.27 bits per heavy atom. The molecule has 2 aromatic heterocycles. The quantitative estimate of drug-likeness (QED) is 0.705. The number of halogens is 3. The van der Waals surface area contributed by atoms with E-state index >= 15 is 0 Å². The molecule has 2 heterocycles. The molecule has 138 valence electrons. The molecule has 7 nitrogen and oxygen atoms in total. The molecule has 3 aromatic rings. The average Bonchev–Trinajstić information content (AvgIpc) is 3.14. The second-order valence-corrected chi connectivity index (χ2v) is 6.28. The molecule has 0 bridgehead atoms. The van der Waals surface area contributed by atoms with Crippen LogP contribution in [0.1, 0.15) is 23.3 Å². The Balaban J connectivity index is 1.59. The summed E-state index contributed by atoms with van der Waals surface area (Å²) >= 11 is 0.937. The number of alkyl halides is 3. The molecule has 0 fully saturated rings. The smallest absolute Gasteiger partial charge is 0.453 e. The molecule has 0 aliphatic rings. The van der Waals surface area contributed by atoms with Crippen LogP contribution in [0.3, 0.4) is 0 Å². The Hall–Kier alpha value is -2.69. The fourth-order valence-corrected chi connectivity index (χ4v) is 2.97. The number of fused-ring (bicyclic) bond motifs is 1. The van der Waals surface area contributed by atoms with Gasteiger partial charge < -0.3 is 10.1 Å². The van der Waals surface area contributed by atoms with E-state index in [2.05, 4.69) is 20.6 Å². The summed E-state index contributed by atoms with van der Waals surface area (Å²) in [7, 11) is 0. The minimum atomic E-state index is -4.64. The number of nitrogens with one attached hydrogen (secondary N) is 1. The van der Waals surface area contributed by atoms with Crippen LogP contribution >= 0.6 is 11.3 Å². The van der Waals surface area contributed by atoms with Crippen LogP contribution in [0.25, 0.3) is 4.96 Å². The molecule has 1 N–H and O–H groups in total. The molecule has 11 heteroatoms. The van der Waals surface area contributed by atoms with Gasteiger partial charge in [0.1, 0.15) is 10.8 Å². The number of amides is 1. The number of aromatic nitrogens is 4. The van der Waals surface area contributed by atoms with Crippen molar-refractivity contribution in [2.45, 2.75) is 26.1 Å². The predicted octanol–water partition coefficient (Wildman–Crippen LogP) is 2.46. The van der Waals surface area contributed by atoms with Gasteiger partial charge in [-0.15, -0.1) is 10.2 Å². The second-order valence-electron chi connectivity index (χ2n) is 5.24. The maximum atomic E-state index is 12.8. The molecule has 0 aliphatic heterocycles. The second kappa shape index (κ2) is 7.28. The Labute approximate surface area is 149 Å². The van der Waals surface area contributed by atoms with E-state index in [9.17, 15) is 18.0 Å². The molecular weight excluding hydrogens is 371 g/mol. The molecule has 1 aromatic carbocycles. The first kappa shape index (κ1) is 18.1. The van der Waals surface area contributed by atoms with Gasteiger partial charge >= 0.3 is 6.18 Å². The summed E-state index contributed by atoms with van der Waals surface area (Å²) in [6.45, 7) is 2.45. The number of nitrogens with zero attached hydrogens (tertiary/aromatic N) is 4. The monoisotopic (exact) mass is 385 g/mol. The Morgan fingerprint density at radius 3 is 2.65 bits per heavy atom. The van der Waals surface area contributed by atoms with E-state index in [1.54, 1.807) is 24.3 Å². The van der Waals surface area contributed by atoms with E-state index in [0.717, 1.165) is 22.6 Å². The van der Waals surface area contributed by atoms with Gasteiger partial charge in [-0.05, 0) is 24.6 Å². The summed E-state index contributed by atoms with van der Waals surface area (Å²) in [4.78, 5) is 12.0. The summed E-state index contributed by atoms with van der Waals surface area (Å²) < 4.78 is 44.2. The van der Waals surface area contributed by atoms with Crippen molar-refractivity contribution in [3.05, 3.63) is 40.7 Å². The molecule has 0 saturated heterocycles. The highest BCUT2D eigenvalue weighted by molar-refractivity contribution is 7.16. The molecule has 0 unspecified atom stereocenters. The van der Waals surface area contributed by atoms with Crippen LogP contribution in [-0.2, 0) is 23.9 Å². The van der Waals surface area contributed by atoms with E-state index in [4.69, 9.17) is 4.74 Å². The lowest BCUT2D eigenvalue weighted by Gasteiger charge is -2.05. The van der Waals surface area contributed by atoms with Crippen LogP contribution in [0, 0.1) is 0 Å². The van der Waals surface area contributed by atoms with Gasteiger partial charge in [0.25, 0.3) is 5.82 Å². The topological polar surface area (TPSA) is 81.4 Å². The first-order chi connectivity index (χ1) is 12.4. The molecule has 0 atom stereocenters. The number of hydrogen-bond donors (Lipinski definition) is 1. The lowest BCUT2D eigenvalue weighted by atomic mass is 10.1. The summed E-state index contributed by atoms with van der Waals surface area (Å²) in [5.41, 5.74) is 0.795. The van der Waals surface area contributed by atoms with Gasteiger partial charge in [-0.3, -0.25) is 4.79 Å². The largest absolute Gasteiger partial charge is 0.494 e. The van der Waals surface area contributed by atoms with Gasteiger partial charge in [0.2, 0.25) is 10.9 Å². The number of carbonyl (C=O) groups excluding carboxylic acids is 1. The number of hydrogen-bond acceptors (Lipinski definition) is 6. The van der Waals surface area contributed by atoms with Crippen LogP contribution in [0.4, 0.5) is 13.2 Å². The average molecular weight is 385 g/mol. The van der Waals surface area contributed by atoms with Crippen molar-refractivity contribution in [2.24, 2.45) is 0 Å². The molecule has 1 amide bonds. The van der Waals surface area contributed by atoms with Crippen molar-refractivity contribution in [1.82, 2.24) is 25.1 Å². The molecular formula is C15H14F3N5O2S. The van der Waals surface area contributed by atoms with Gasteiger partial charge in [-0.25, -0.2) is 0 Å². The zero-order valence-corrected chi connectivity index (χ0v) is 14.4. The Morgan fingerprint density at radius 2 is 2.00 bits per heavy atom. The normalized spacial score (nSPS) is 11.7. The number of carbonyl (C=O) groups is 1. The SMILES string of the molecule is CCOc1ccc(CC(=O)NCc2nn3c(C(F)(F)F)nnc3s2)cc1. The molecule has 0 radical (unpaired) electrons. The lowest BCUT2D eigenvalue weighted by molar-refractivity contribution is -0.146. The van der Waals surface area contributed by atoms with E-state index < -0.39 is 12.0 Å². The van der Waals surface area contributed by atoms with Crippen LogP contribution in [0.5, 0.6) is 5.75 Å². The van der Waals surface area contributed by atoms with Crippen LogP contribution in [0.15, 0.2) is 24.3 Å². The third-order valence-corrected chi connectivity index (χ3v) is 4.22. The number of benzene rings is 1. The van der Waals surface area contributed by atoms with E-state index in [0.29, 0.717) is 16.1 Å². The highest BCUT2D eigenvalue weighted by Gasteiger charge is 2.38. The highest BCUT2D eigenvalue weighted by Crippen LogP contribution is 2.28. The van der Waals surface area contributed by atoms with E-state index in [1.165, 1.54) is 0 Å². The fraction of sp³-hybridized carbons (Fsp3) is 0.333. The van der Waals surface area contributed by atoms with Gasteiger partial charge in [-0.1, -0.05) is 23.5 Å². The zero-order chi connectivity index (χ0) is 18.7. The summed E-state index contributed by atoms with van der Waals surface area (Å²) in [5.74, 6) is -0.733. The van der Waals surface area contributed by atoms with Crippen molar-refractivity contribution in [2.75, 3.05) is 6.61 Å². The Kier molecular flexibility index (Phi) is 5.07. The van der Waals surface area contributed by atoms with Gasteiger partial charge in [0.05, 0.1) is 19.6 Å². The molecule has 0 spiro atoms. The third-order valence-electron chi connectivity index (χ3n) is 3.32. The van der Waals surface area contributed by atoms with Crippen molar-refractivity contribution in [3.63, 3.8) is 0 Å². The van der Waals surface area contributed by atoms with E-state index in [-0.39, 0.29) is 23.8 Å². The van der Waals surface area contributed by atoms with Crippen molar-refractivity contribution in [1.29, 1.82) is 0 Å². The lowest BCUT2D eigenvalue weighted by Crippen LogP contribution is -2.24. The highest BCUT2D eigenvalue weighted by atomic mass is 32.1. The maximum absolute atomic E-state index is 12.8. The van der Waals surface area contributed by atoms with Crippen LogP contribution in [-0.4, -0.2) is 32.3 Å². The molecule has 26 heavy (non-hydrogen) atoms. The van der Waals surface area contributed by atoms with Gasteiger partial charge in [0.15, 0.2) is 0 Å². The van der Waals surface area contributed by atoms with Crippen molar-refractivity contribution in [3.8, 4) is 5.75 Å². The molecule has 3 rings (SSSR count). The summed E-state index contributed by atoms with van der Waals surface area (Å²) in [6.07, 6.45) is -4.49. The van der Waals surface area contributed by atoms with Gasteiger partial charge in [0, 0.05) is 0 Å². The minimum absolute atomic E-state index is 0.0151. The fourth-order valence-electron chi connectivity index (χ4n) is 2.20. The van der Waals surface area contributed by atoms with E-state index in [1.807, 2.05) is 6.92 Å². The zero-order valence-electron chi connectivity index (χ0n) is 13.6. The predicted molar refractivity (Wildman–Crippen MR) is 86.8 cm³/mol. The van der Waals surface area contributed by atoms with Crippen LogP contribution < -0.4 is 10.1 Å².